The summed E-state index contributed by atoms with van der Waals surface area (Å²) in [6.45, 7) is -0.289. The van der Waals surface area contributed by atoms with E-state index in [2.05, 4.69) is 15.4 Å². The highest BCUT2D eigenvalue weighted by Crippen LogP contribution is 2.33. The molecule has 9 nitrogen and oxygen atoms in total. The molecule has 0 bridgehead atoms. The predicted octanol–water partition coefficient (Wildman–Crippen LogP) is 2.36. The normalized spacial score (nSPS) is 16.3. The molecule has 29 heavy (non-hydrogen) atoms. The Bertz CT molecular complexity index is 1260. The number of nitrogens with zero attached hydrogens (tertiary/aromatic N) is 5. The molecule has 1 amide bonds. The lowest BCUT2D eigenvalue weighted by molar-refractivity contribution is -0.134. The van der Waals surface area contributed by atoms with Crippen molar-refractivity contribution in [2.75, 3.05) is 0 Å². The maximum absolute atomic E-state index is 13.0. The zero-order valence-corrected chi connectivity index (χ0v) is 15.1. The third kappa shape index (κ3) is 3.02. The Morgan fingerprint density at radius 3 is 2.69 bits per heavy atom. The number of fused-ring (bicyclic) bond motifs is 1. The predicted molar refractivity (Wildman–Crippen MR) is 102 cm³/mol. The second kappa shape index (κ2) is 6.86. The van der Waals surface area contributed by atoms with Crippen LogP contribution in [0.1, 0.15) is 24.0 Å². The van der Waals surface area contributed by atoms with Crippen LogP contribution in [0.2, 0.25) is 0 Å². The van der Waals surface area contributed by atoms with Gasteiger partial charge in [0.1, 0.15) is 35.3 Å². The third-order valence-electron chi connectivity index (χ3n) is 4.76. The zero-order valence-electron chi connectivity index (χ0n) is 15.1. The van der Waals surface area contributed by atoms with Crippen LogP contribution in [0.3, 0.4) is 0 Å². The molecule has 144 valence electrons. The summed E-state index contributed by atoms with van der Waals surface area (Å²) >= 11 is 0. The van der Waals surface area contributed by atoms with Gasteiger partial charge in [-0.25, -0.2) is 9.69 Å². The Hall–Kier alpha value is -4.01. The summed E-state index contributed by atoms with van der Waals surface area (Å²) in [6.07, 6.45) is 3.53. The van der Waals surface area contributed by atoms with Crippen molar-refractivity contribution < 1.29 is 13.6 Å². The van der Waals surface area contributed by atoms with Crippen molar-refractivity contribution in [3.8, 4) is 0 Å². The summed E-state index contributed by atoms with van der Waals surface area (Å²) in [6, 6.07) is 13.5. The van der Waals surface area contributed by atoms with Gasteiger partial charge in [-0.1, -0.05) is 17.3 Å². The van der Waals surface area contributed by atoms with Gasteiger partial charge >= 0.3 is 0 Å². The zero-order chi connectivity index (χ0) is 19.8. The number of aromatic nitrogens is 3. The van der Waals surface area contributed by atoms with Crippen LogP contribution in [0.15, 0.2) is 79.8 Å². The minimum absolute atomic E-state index is 0.289. The molecule has 0 aliphatic carbocycles. The van der Waals surface area contributed by atoms with Gasteiger partial charge in [-0.15, -0.1) is 5.10 Å². The van der Waals surface area contributed by atoms with Crippen LogP contribution in [-0.4, -0.2) is 31.6 Å². The molecule has 5 rings (SSSR count). The van der Waals surface area contributed by atoms with Crippen LogP contribution in [-0.2, 0) is 11.3 Å². The summed E-state index contributed by atoms with van der Waals surface area (Å²) in [5.74, 6) is 0.778. The molecule has 1 atom stereocenters. The van der Waals surface area contributed by atoms with Crippen molar-refractivity contribution in [1.82, 2.24) is 20.0 Å². The standard InChI is InChI=1S/C20H15N5O4/c26-19(12-24-20(27)13-5-1-2-6-14(13)21-23-24)25-16(18-8-4-10-29-18)11-15(22-25)17-7-3-9-28-17/h1-10,16H,11-12H2. The van der Waals surface area contributed by atoms with Crippen molar-refractivity contribution in [2.24, 2.45) is 5.10 Å². The maximum atomic E-state index is 13.0. The van der Waals surface area contributed by atoms with Gasteiger partial charge in [-0.3, -0.25) is 9.59 Å². The molecule has 1 aromatic carbocycles. The summed E-state index contributed by atoms with van der Waals surface area (Å²) in [5, 5.41) is 14.1. The van der Waals surface area contributed by atoms with Gasteiger partial charge < -0.3 is 8.83 Å². The van der Waals surface area contributed by atoms with Crippen molar-refractivity contribution >= 4 is 22.5 Å². The molecule has 0 fully saturated rings. The lowest BCUT2D eigenvalue weighted by atomic mass is 10.1. The average Bonchev–Trinajstić information content (AvgIpc) is 3.50. The van der Waals surface area contributed by atoms with E-state index in [0.29, 0.717) is 34.6 Å². The lowest BCUT2D eigenvalue weighted by Crippen LogP contribution is -2.35. The molecule has 0 radical (unpaired) electrons. The van der Waals surface area contributed by atoms with Gasteiger partial charge in [0.25, 0.3) is 11.5 Å². The second-order valence-electron chi connectivity index (χ2n) is 6.57. The Morgan fingerprint density at radius 1 is 1.07 bits per heavy atom. The third-order valence-corrected chi connectivity index (χ3v) is 4.76. The van der Waals surface area contributed by atoms with Gasteiger partial charge in [0.05, 0.1) is 17.9 Å². The quantitative estimate of drug-likeness (QED) is 0.530. The van der Waals surface area contributed by atoms with Gasteiger partial charge in [0.2, 0.25) is 0 Å². The SMILES string of the molecule is O=C(Cn1nnc2ccccc2c1=O)N1N=C(c2ccco2)CC1c1ccco1. The number of benzene rings is 1. The van der Waals surface area contributed by atoms with Gasteiger partial charge in [0, 0.05) is 6.42 Å². The molecule has 9 heteroatoms. The molecular formula is C20H15N5O4. The average molecular weight is 389 g/mol. The highest BCUT2D eigenvalue weighted by atomic mass is 16.3. The smallest absolute Gasteiger partial charge is 0.278 e. The van der Waals surface area contributed by atoms with Crippen LogP contribution in [0.25, 0.3) is 10.9 Å². The first-order valence-corrected chi connectivity index (χ1v) is 9.00. The van der Waals surface area contributed by atoms with Crippen LogP contribution < -0.4 is 5.56 Å². The molecule has 1 unspecified atom stereocenters. The number of hydrogen-bond acceptors (Lipinski definition) is 7. The molecular weight excluding hydrogens is 374 g/mol. The lowest BCUT2D eigenvalue weighted by Gasteiger charge is -2.19. The number of hydrogen-bond donors (Lipinski definition) is 0. The largest absolute Gasteiger partial charge is 0.467 e. The van der Waals surface area contributed by atoms with E-state index in [1.807, 2.05) is 0 Å². The second-order valence-corrected chi connectivity index (χ2v) is 6.57. The number of hydrazone groups is 1. The fraction of sp³-hybridized carbons (Fsp3) is 0.150. The Morgan fingerprint density at radius 2 is 1.90 bits per heavy atom. The summed E-state index contributed by atoms with van der Waals surface area (Å²) in [5.41, 5.74) is 0.726. The van der Waals surface area contributed by atoms with E-state index in [1.165, 1.54) is 5.01 Å². The van der Waals surface area contributed by atoms with Crippen LogP contribution in [0, 0.1) is 0 Å². The number of amides is 1. The minimum Gasteiger partial charge on any atom is -0.467 e. The first-order chi connectivity index (χ1) is 14.2. The van der Waals surface area contributed by atoms with Crippen LogP contribution in [0.4, 0.5) is 0 Å². The van der Waals surface area contributed by atoms with E-state index in [-0.39, 0.29) is 12.1 Å². The summed E-state index contributed by atoms with van der Waals surface area (Å²) < 4.78 is 12.0. The minimum atomic E-state index is -0.429. The monoisotopic (exact) mass is 389 g/mol. The van der Waals surface area contributed by atoms with Crippen molar-refractivity contribution in [1.29, 1.82) is 0 Å². The van der Waals surface area contributed by atoms with E-state index in [0.717, 1.165) is 4.68 Å². The highest BCUT2D eigenvalue weighted by Gasteiger charge is 2.36. The van der Waals surface area contributed by atoms with Gasteiger partial charge in [-0.05, 0) is 36.4 Å². The molecule has 3 aromatic heterocycles. The van der Waals surface area contributed by atoms with E-state index in [4.69, 9.17) is 8.83 Å². The summed E-state index contributed by atoms with van der Waals surface area (Å²) in [7, 11) is 0. The van der Waals surface area contributed by atoms with Crippen molar-refractivity contribution in [3.63, 3.8) is 0 Å². The molecule has 0 spiro atoms. The van der Waals surface area contributed by atoms with E-state index >= 15 is 0 Å². The highest BCUT2D eigenvalue weighted by molar-refractivity contribution is 6.01. The fourth-order valence-corrected chi connectivity index (χ4v) is 3.36. The fourth-order valence-electron chi connectivity index (χ4n) is 3.36. The topological polar surface area (TPSA) is 107 Å². The molecule has 1 aliphatic rings. The molecule has 1 aliphatic heterocycles. The number of carbonyl (C=O) groups excluding carboxylic acids is 1. The molecule has 4 aromatic rings. The van der Waals surface area contributed by atoms with Gasteiger partial charge in [0.15, 0.2) is 0 Å². The number of rotatable bonds is 4. The number of carbonyl (C=O) groups is 1. The molecule has 4 heterocycles. The maximum Gasteiger partial charge on any atom is 0.278 e. The molecule has 0 N–H and O–H groups in total. The first-order valence-electron chi connectivity index (χ1n) is 9.00. The Kier molecular flexibility index (Phi) is 4.05. The molecule has 0 saturated carbocycles. The summed E-state index contributed by atoms with van der Waals surface area (Å²) in [4.78, 5) is 25.7. The number of furan rings is 2. The van der Waals surface area contributed by atoms with Crippen molar-refractivity contribution in [2.45, 2.75) is 19.0 Å². The van der Waals surface area contributed by atoms with Crippen molar-refractivity contribution in [3.05, 3.63) is 82.9 Å². The van der Waals surface area contributed by atoms with Gasteiger partial charge in [-0.2, -0.15) is 5.10 Å². The first kappa shape index (κ1) is 17.1. The van der Waals surface area contributed by atoms with E-state index < -0.39 is 11.9 Å². The molecule has 0 saturated heterocycles. The van der Waals surface area contributed by atoms with E-state index in [9.17, 15) is 9.59 Å². The van der Waals surface area contributed by atoms with Crippen LogP contribution in [0.5, 0.6) is 0 Å². The van der Waals surface area contributed by atoms with Crippen LogP contribution >= 0.6 is 0 Å². The Balaban J connectivity index is 1.48. The van der Waals surface area contributed by atoms with E-state index in [1.54, 1.807) is 61.1 Å². The Labute approximate surface area is 163 Å².